The van der Waals surface area contributed by atoms with Crippen molar-refractivity contribution in [3.8, 4) is 5.88 Å². The minimum atomic E-state index is 0.572. The van der Waals surface area contributed by atoms with Crippen molar-refractivity contribution in [3.63, 3.8) is 0 Å². The summed E-state index contributed by atoms with van der Waals surface area (Å²) in [7, 11) is 1.63. The van der Waals surface area contributed by atoms with Gasteiger partial charge in [-0.05, 0) is 24.5 Å². The topological polar surface area (TPSA) is 39.9 Å². The van der Waals surface area contributed by atoms with E-state index in [0.29, 0.717) is 11.8 Å². The molecule has 4 nitrogen and oxygen atoms in total. The van der Waals surface area contributed by atoms with Gasteiger partial charge >= 0.3 is 0 Å². The molecule has 0 saturated heterocycles. The number of imidazole rings is 1. The van der Waals surface area contributed by atoms with Crippen LogP contribution in [0.4, 0.5) is 0 Å². The zero-order chi connectivity index (χ0) is 13.7. The van der Waals surface area contributed by atoms with Crippen molar-refractivity contribution in [1.29, 1.82) is 0 Å². The van der Waals surface area contributed by atoms with Crippen LogP contribution in [0.15, 0.2) is 12.1 Å². The van der Waals surface area contributed by atoms with Gasteiger partial charge in [-0.25, -0.2) is 4.98 Å². The van der Waals surface area contributed by atoms with Gasteiger partial charge in [0.25, 0.3) is 0 Å². The molecule has 0 fully saturated rings. The normalized spacial score (nSPS) is 11.1. The summed E-state index contributed by atoms with van der Waals surface area (Å²) >= 11 is 7.70. The maximum Gasteiger partial charge on any atom is 0.215 e. The number of halogens is 1. The molecule has 19 heavy (non-hydrogen) atoms. The Morgan fingerprint density at radius 1 is 1.37 bits per heavy atom. The molecule has 0 aliphatic rings. The molecule has 0 spiro atoms. The van der Waals surface area contributed by atoms with Crippen LogP contribution < -0.4 is 4.74 Å². The van der Waals surface area contributed by atoms with Crippen LogP contribution in [0, 0.1) is 0 Å². The van der Waals surface area contributed by atoms with E-state index in [0.717, 1.165) is 42.1 Å². The number of aryl methyl sites for hydroxylation is 2. The minimum Gasteiger partial charge on any atom is -0.481 e. The van der Waals surface area contributed by atoms with Gasteiger partial charge in [-0.2, -0.15) is 16.7 Å². The number of hydrogen-bond donors (Lipinski definition) is 0. The molecule has 0 N–H and O–H groups in total. The van der Waals surface area contributed by atoms with Gasteiger partial charge in [0.15, 0.2) is 5.65 Å². The van der Waals surface area contributed by atoms with Crippen LogP contribution in [-0.4, -0.2) is 39.5 Å². The Morgan fingerprint density at radius 2 is 2.21 bits per heavy atom. The maximum atomic E-state index is 5.85. The molecule has 0 aliphatic carbocycles. The van der Waals surface area contributed by atoms with Gasteiger partial charge in [0.2, 0.25) is 5.88 Å². The van der Waals surface area contributed by atoms with Gasteiger partial charge in [-0.3, -0.25) is 0 Å². The fraction of sp³-hybridized carbons (Fsp3) is 0.538. The van der Waals surface area contributed by atoms with Crippen molar-refractivity contribution in [2.75, 3.05) is 25.0 Å². The summed E-state index contributed by atoms with van der Waals surface area (Å²) in [5, 5.41) is 0. The van der Waals surface area contributed by atoms with Crippen LogP contribution in [0.1, 0.15) is 12.2 Å². The Morgan fingerprint density at radius 3 is 2.89 bits per heavy atom. The summed E-state index contributed by atoms with van der Waals surface area (Å²) in [4.78, 5) is 9.11. The summed E-state index contributed by atoms with van der Waals surface area (Å²) in [5.41, 5.74) is 1.80. The predicted molar refractivity (Wildman–Crippen MR) is 81.5 cm³/mol. The van der Waals surface area contributed by atoms with Crippen molar-refractivity contribution < 1.29 is 4.74 Å². The first-order valence-electron chi connectivity index (χ1n) is 6.25. The van der Waals surface area contributed by atoms with Crippen LogP contribution in [0.25, 0.3) is 11.2 Å². The van der Waals surface area contributed by atoms with Crippen LogP contribution >= 0.6 is 23.4 Å². The zero-order valence-corrected chi connectivity index (χ0v) is 12.8. The SMILES string of the molecule is COc1ccc2nc(CCCl)n(CCCSC)c2n1. The summed E-state index contributed by atoms with van der Waals surface area (Å²) in [6.45, 7) is 0.920. The van der Waals surface area contributed by atoms with Gasteiger partial charge in [-0.1, -0.05) is 0 Å². The van der Waals surface area contributed by atoms with Crippen molar-refractivity contribution in [1.82, 2.24) is 14.5 Å². The molecule has 2 aromatic rings. The Balaban J connectivity index is 2.38. The average molecular weight is 300 g/mol. The summed E-state index contributed by atoms with van der Waals surface area (Å²) in [5.74, 6) is 3.33. The predicted octanol–water partition coefficient (Wildman–Crippen LogP) is 2.97. The van der Waals surface area contributed by atoms with E-state index in [1.165, 1.54) is 0 Å². The van der Waals surface area contributed by atoms with E-state index in [-0.39, 0.29) is 0 Å². The van der Waals surface area contributed by atoms with E-state index in [2.05, 4.69) is 20.8 Å². The van der Waals surface area contributed by atoms with E-state index >= 15 is 0 Å². The molecule has 6 heteroatoms. The molecule has 0 radical (unpaired) electrons. The second kappa shape index (κ2) is 7.01. The van der Waals surface area contributed by atoms with Crippen LogP contribution in [0.5, 0.6) is 5.88 Å². The highest BCUT2D eigenvalue weighted by Gasteiger charge is 2.12. The molecule has 2 heterocycles. The number of nitrogens with zero attached hydrogens (tertiary/aromatic N) is 3. The first-order chi connectivity index (χ1) is 9.30. The van der Waals surface area contributed by atoms with Crippen molar-refractivity contribution in [2.24, 2.45) is 0 Å². The standard InChI is InChI=1S/C13H18ClN3OS/c1-18-12-5-4-10-13(16-12)17(8-3-9-19-2)11(15-10)6-7-14/h4-5H,3,6-9H2,1-2H3. The van der Waals surface area contributed by atoms with Crippen LogP contribution in [0.3, 0.4) is 0 Å². The van der Waals surface area contributed by atoms with Crippen molar-refractivity contribution in [3.05, 3.63) is 18.0 Å². The zero-order valence-electron chi connectivity index (χ0n) is 11.2. The number of ether oxygens (including phenoxy) is 1. The number of methoxy groups -OCH3 is 1. The minimum absolute atomic E-state index is 0.572. The lowest BCUT2D eigenvalue weighted by Crippen LogP contribution is -2.06. The first kappa shape index (κ1) is 14.5. The van der Waals surface area contributed by atoms with Crippen molar-refractivity contribution >= 4 is 34.5 Å². The van der Waals surface area contributed by atoms with Crippen LogP contribution in [0.2, 0.25) is 0 Å². The van der Waals surface area contributed by atoms with Gasteiger partial charge in [0.1, 0.15) is 11.3 Å². The molecule has 104 valence electrons. The second-order valence-electron chi connectivity index (χ2n) is 4.16. The second-order valence-corrected chi connectivity index (χ2v) is 5.52. The average Bonchev–Trinajstić information content (AvgIpc) is 2.77. The monoisotopic (exact) mass is 299 g/mol. The Kier molecular flexibility index (Phi) is 5.34. The number of hydrogen-bond acceptors (Lipinski definition) is 4. The third-order valence-corrected chi connectivity index (χ3v) is 3.79. The van der Waals surface area contributed by atoms with Gasteiger partial charge in [-0.15, -0.1) is 11.6 Å². The molecule has 0 bridgehead atoms. The van der Waals surface area contributed by atoms with E-state index in [1.54, 1.807) is 7.11 Å². The van der Waals surface area contributed by atoms with E-state index in [4.69, 9.17) is 16.3 Å². The molecular weight excluding hydrogens is 282 g/mol. The lowest BCUT2D eigenvalue weighted by molar-refractivity contribution is 0.399. The molecule has 0 aromatic carbocycles. The van der Waals surface area contributed by atoms with Gasteiger partial charge < -0.3 is 9.30 Å². The molecule has 0 aliphatic heterocycles. The largest absolute Gasteiger partial charge is 0.481 e. The summed E-state index contributed by atoms with van der Waals surface area (Å²) < 4.78 is 7.35. The highest BCUT2D eigenvalue weighted by atomic mass is 35.5. The number of rotatable bonds is 7. The molecule has 0 amide bonds. The Hall–Kier alpha value is -0.940. The fourth-order valence-electron chi connectivity index (χ4n) is 2.02. The quantitative estimate of drug-likeness (QED) is 0.582. The molecule has 0 atom stereocenters. The van der Waals surface area contributed by atoms with E-state index in [1.807, 2.05) is 23.9 Å². The van der Waals surface area contributed by atoms with Gasteiger partial charge in [0.05, 0.1) is 7.11 Å². The molecule has 2 rings (SSSR count). The number of pyridine rings is 1. The number of fused-ring (bicyclic) bond motifs is 1. The summed E-state index contributed by atoms with van der Waals surface area (Å²) in [6.07, 6.45) is 3.98. The third-order valence-electron chi connectivity index (χ3n) is 2.90. The maximum absolute atomic E-state index is 5.85. The van der Waals surface area contributed by atoms with Crippen LogP contribution in [-0.2, 0) is 13.0 Å². The summed E-state index contributed by atoms with van der Waals surface area (Å²) in [6, 6.07) is 3.79. The van der Waals surface area contributed by atoms with Gasteiger partial charge in [0, 0.05) is 24.9 Å². The number of alkyl halides is 1. The third kappa shape index (κ3) is 3.34. The molecular formula is C13H18ClN3OS. The molecule has 0 saturated carbocycles. The highest BCUT2D eigenvalue weighted by Crippen LogP contribution is 2.19. The first-order valence-corrected chi connectivity index (χ1v) is 8.18. The number of thioether (sulfide) groups is 1. The molecule has 2 aromatic heterocycles. The Bertz CT molecular complexity index is 544. The molecule has 0 unspecified atom stereocenters. The smallest absolute Gasteiger partial charge is 0.215 e. The fourth-order valence-corrected chi connectivity index (χ4v) is 2.61. The Labute approximate surface area is 122 Å². The van der Waals surface area contributed by atoms with E-state index in [9.17, 15) is 0 Å². The van der Waals surface area contributed by atoms with Crippen molar-refractivity contribution in [2.45, 2.75) is 19.4 Å². The lowest BCUT2D eigenvalue weighted by Gasteiger charge is -2.07. The lowest BCUT2D eigenvalue weighted by atomic mass is 10.4. The number of aromatic nitrogens is 3. The highest BCUT2D eigenvalue weighted by molar-refractivity contribution is 7.98. The van der Waals surface area contributed by atoms with E-state index < -0.39 is 0 Å².